The largest absolute Gasteiger partial charge is 0.454 e. The maximum absolute atomic E-state index is 13.0. The van der Waals surface area contributed by atoms with Crippen molar-refractivity contribution in [3.8, 4) is 11.5 Å². The molecule has 1 amide bonds. The van der Waals surface area contributed by atoms with E-state index in [1.54, 1.807) is 18.2 Å². The molecule has 2 heterocycles. The smallest absolute Gasteiger partial charge is 0.262 e. The van der Waals surface area contributed by atoms with E-state index >= 15 is 0 Å². The normalized spacial score (nSPS) is 13.4. The Labute approximate surface area is 172 Å². The van der Waals surface area contributed by atoms with Crippen LogP contribution in [0.5, 0.6) is 11.5 Å². The molecule has 1 aromatic heterocycles. The van der Waals surface area contributed by atoms with Crippen LogP contribution in [0.25, 0.3) is 10.9 Å². The van der Waals surface area contributed by atoms with Crippen LogP contribution >= 0.6 is 12.2 Å². The Balaban J connectivity index is 1.68. The minimum absolute atomic E-state index is 0.0754. The van der Waals surface area contributed by atoms with Gasteiger partial charge in [0, 0.05) is 11.6 Å². The first-order valence-electron chi connectivity index (χ1n) is 9.42. The molecule has 2 aromatic carbocycles. The lowest BCUT2D eigenvalue weighted by Crippen LogP contribution is -2.32. The number of nitrogens with zero attached hydrogens (tertiary/aromatic N) is 1. The number of benzene rings is 2. The van der Waals surface area contributed by atoms with Crippen molar-refractivity contribution in [2.24, 2.45) is 0 Å². The lowest BCUT2D eigenvalue weighted by Gasteiger charge is -2.12. The van der Waals surface area contributed by atoms with Gasteiger partial charge in [0.15, 0.2) is 16.3 Å². The Morgan fingerprint density at radius 1 is 1.24 bits per heavy atom. The van der Waals surface area contributed by atoms with Crippen molar-refractivity contribution in [1.29, 1.82) is 0 Å². The van der Waals surface area contributed by atoms with Crippen molar-refractivity contribution in [3.05, 3.63) is 62.6 Å². The van der Waals surface area contributed by atoms with E-state index in [0.29, 0.717) is 39.3 Å². The molecule has 29 heavy (non-hydrogen) atoms. The molecule has 1 aliphatic heterocycles. The van der Waals surface area contributed by atoms with Crippen molar-refractivity contribution < 1.29 is 14.3 Å². The van der Waals surface area contributed by atoms with Crippen LogP contribution in [0.1, 0.15) is 36.2 Å². The first-order chi connectivity index (χ1) is 14.0. The van der Waals surface area contributed by atoms with Gasteiger partial charge in [0.1, 0.15) is 0 Å². The molecule has 2 N–H and O–H groups in total. The average molecular weight is 411 g/mol. The Morgan fingerprint density at radius 3 is 2.83 bits per heavy atom. The molecule has 1 unspecified atom stereocenters. The number of carbonyl (C=O) groups is 1. The number of aromatic nitrogens is 2. The maximum Gasteiger partial charge on any atom is 0.262 e. The Hall–Kier alpha value is -3.13. The van der Waals surface area contributed by atoms with Gasteiger partial charge in [-0.3, -0.25) is 14.2 Å². The summed E-state index contributed by atoms with van der Waals surface area (Å²) >= 11 is 5.41. The molecule has 4 rings (SSSR count). The SMILES string of the molecule is CCC(C)NC(=O)c1ccc2c(=O)n(Cc3ccc4c(c3)OCO4)c(=S)[nH]c2c1. The van der Waals surface area contributed by atoms with Gasteiger partial charge in [0.2, 0.25) is 6.79 Å². The number of amides is 1. The summed E-state index contributed by atoms with van der Waals surface area (Å²) in [7, 11) is 0. The van der Waals surface area contributed by atoms with Gasteiger partial charge in [-0.2, -0.15) is 0 Å². The van der Waals surface area contributed by atoms with Gasteiger partial charge >= 0.3 is 0 Å². The molecule has 0 aliphatic carbocycles. The number of H-pyrrole nitrogens is 1. The number of nitrogens with one attached hydrogen (secondary N) is 2. The standard InChI is InChI=1S/C21H21N3O4S/c1-3-12(2)22-19(25)14-5-6-15-16(9-14)23-21(29)24(20(15)26)10-13-4-7-17-18(8-13)28-11-27-17/h4-9,12H,3,10-11H2,1-2H3,(H,22,25)(H,23,29). The molecule has 8 heteroatoms. The van der Waals surface area contributed by atoms with Crippen LogP contribution in [0.3, 0.4) is 0 Å². The second-order valence-corrected chi connectivity index (χ2v) is 7.44. The second kappa shape index (κ2) is 7.71. The molecule has 150 valence electrons. The quantitative estimate of drug-likeness (QED) is 0.629. The van der Waals surface area contributed by atoms with E-state index < -0.39 is 0 Å². The monoisotopic (exact) mass is 411 g/mol. The lowest BCUT2D eigenvalue weighted by molar-refractivity contribution is 0.0939. The third-order valence-corrected chi connectivity index (χ3v) is 5.33. The number of ether oxygens (including phenoxy) is 2. The summed E-state index contributed by atoms with van der Waals surface area (Å²) in [5, 5.41) is 3.39. The molecular weight excluding hydrogens is 390 g/mol. The minimum atomic E-state index is -0.213. The number of fused-ring (bicyclic) bond motifs is 2. The van der Waals surface area contributed by atoms with Crippen molar-refractivity contribution in [1.82, 2.24) is 14.9 Å². The summed E-state index contributed by atoms with van der Waals surface area (Å²) in [6.07, 6.45) is 0.840. The van der Waals surface area contributed by atoms with Crippen molar-refractivity contribution >= 4 is 29.0 Å². The summed E-state index contributed by atoms with van der Waals surface area (Å²) in [4.78, 5) is 28.5. The maximum atomic E-state index is 13.0. The molecule has 7 nitrogen and oxygen atoms in total. The molecule has 0 radical (unpaired) electrons. The van der Waals surface area contributed by atoms with E-state index in [2.05, 4.69) is 10.3 Å². The second-order valence-electron chi connectivity index (χ2n) is 7.05. The summed E-state index contributed by atoms with van der Waals surface area (Å²) in [6, 6.07) is 10.6. The van der Waals surface area contributed by atoms with Crippen molar-refractivity contribution in [2.75, 3.05) is 6.79 Å². The summed E-state index contributed by atoms with van der Waals surface area (Å²) in [6.45, 7) is 4.45. The van der Waals surface area contributed by atoms with Crippen LogP contribution in [-0.4, -0.2) is 28.3 Å². The zero-order chi connectivity index (χ0) is 20.5. The lowest BCUT2D eigenvalue weighted by atomic mass is 10.1. The summed E-state index contributed by atoms with van der Waals surface area (Å²) in [5.74, 6) is 1.17. The highest BCUT2D eigenvalue weighted by atomic mass is 32.1. The minimum Gasteiger partial charge on any atom is -0.454 e. The van der Waals surface area contributed by atoms with Gasteiger partial charge < -0.3 is 19.8 Å². The van der Waals surface area contributed by atoms with Gasteiger partial charge in [-0.15, -0.1) is 0 Å². The Morgan fingerprint density at radius 2 is 2.03 bits per heavy atom. The van der Waals surface area contributed by atoms with E-state index in [9.17, 15) is 9.59 Å². The topological polar surface area (TPSA) is 85.3 Å². The Bertz CT molecular complexity index is 1210. The third kappa shape index (κ3) is 3.75. The van der Waals surface area contributed by atoms with E-state index in [1.165, 1.54) is 4.57 Å². The number of hydrogen-bond acceptors (Lipinski definition) is 5. The highest BCUT2D eigenvalue weighted by molar-refractivity contribution is 7.71. The molecule has 1 atom stereocenters. The van der Waals surface area contributed by atoms with Crippen molar-refractivity contribution in [2.45, 2.75) is 32.9 Å². The number of rotatable bonds is 5. The predicted molar refractivity (Wildman–Crippen MR) is 112 cm³/mol. The molecule has 0 fully saturated rings. The highest BCUT2D eigenvalue weighted by Gasteiger charge is 2.15. The molecule has 0 bridgehead atoms. The van der Waals surface area contributed by atoms with Crippen LogP contribution < -0.4 is 20.3 Å². The number of hydrogen-bond donors (Lipinski definition) is 2. The van der Waals surface area contributed by atoms with Gasteiger partial charge in [0.05, 0.1) is 17.4 Å². The van der Waals surface area contributed by atoms with Crippen LogP contribution in [0.4, 0.5) is 0 Å². The molecule has 0 saturated heterocycles. The Kier molecular flexibility index (Phi) is 5.10. The average Bonchev–Trinajstić information content (AvgIpc) is 3.18. The first-order valence-corrected chi connectivity index (χ1v) is 9.83. The predicted octanol–water partition coefficient (Wildman–Crippen LogP) is 3.36. The fourth-order valence-electron chi connectivity index (χ4n) is 3.17. The van der Waals surface area contributed by atoms with E-state index in [1.807, 2.05) is 32.0 Å². The fraction of sp³-hybridized carbons (Fsp3) is 0.286. The number of carbonyl (C=O) groups excluding carboxylic acids is 1. The summed E-state index contributed by atoms with van der Waals surface area (Å²) < 4.78 is 12.5. The van der Waals surface area contributed by atoms with E-state index in [0.717, 1.165) is 12.0 Å². The molecule has 0 spiro atoms. The molecule has 0 saturated carbocycles. The van der Waals surface area contributed by atoms with Crippen LogP contribution in [0.2, 0.25) is 0 Å². The van der Waals surface area contributed by atoms with Gasteiger partial charge in [-0.1, -0.05) is 13.0 Å². The first kappa shape index (κ1) is 19.2. The fourth-order valence-corrected chi connectivity index (χ4v) is 3.43. The highest BCUT2D eigenvalue weighted by Crippen LogP contribution is 2.32. The summed E-state index contributed by atoms with van der Waals surface area (Å²) in [5.41, 5.74) is 1.69. The third-order valence-electron chi connectivity index (χ3n) is 5.01. The zero-order valence-corrected chi connectivity index (χ0v) is 17.0. The molecule has 1 aliphatic rings. The van der Waals surface area contributed by atoms with Crippen LogP contribution in [-0.2, 0) is 6.54 Å². The zero-order valence-electron chi connectivity index (χ0n) is 16.2. The van der Waals surface area contributed by atoms with Crippen molar-refractivity contribution in [3.63, 3.8) is 0 Å². The van der Waals surface area contributed by atoms with Crippen LogP contribution in [0.15, 0.2) is 41.2 Å². The van der Waals surface area contributed by atoms with Gasteiger partial charge in [0.25, 0.3) is 11.5 Å². The van der Waals surface area contributed by atoms with Gasteiger partial charge in [-0.05, 0) is 61.5 Å². The van der Waals surface area contributed by atoms with Gasteiger partial charge in [-0.25, -0.2) is 0 Å². The molecular formula is C21H21N3O4S. The van der Waals surface area contributed by atoms with Crippen LogP contribution in [0, 0.1) is 4.77 Å². The van der Waals surface area contributed by atoms with E-state index in [4.69, 9.17) is 21.7 Å². The molecule has 3 aromatic rings. The number of aromatic amines is 1. The van der Waals surface area contributed by atoms with E-state index in [-0.39, 0.29) is 24.3 Å².